The summed E-state index contributed by atoms with van der Waals surface area (Å²) in [5.74, 6) is -1.24. The predicted molar refractivity (Wildman–Crippen MR) is 98.4 cm³/mol. The van der Waals surface area contributed by atoms with Gasteiger partial charge in [-0.25, -0.2) is 4.98 Å². The summed E-state index contributed by atoms with van der Waals surface area (Å²) in [6.45, 7) is 0. The number of nitrogens with zero attached hydrogens (tertiary/aromatic N) is 2. The van der Waals surface area contributed by atoms with Gasteiger partial charge in [0.05, 0.1) is 5.56 Å². The molecule has 0 bridgehead atoms. The molecule has 0 radical (unpaired) electrons. The number of hydrazine groups is 1. The predicted octanol–water partition coefficient (Wildman–Crippen LogP) is 2.37. The Morgan fingerprint density at radius 2 is 1.85 bits per heavy atom. The summed E-state index contributed by atoms with van der Waals surface area (Å²) in [6, 6.07) is 13.0. The van der Waals surface area contributed by atoms with Crippen molar-refractivity contribution in [3.8, 4) is 11.4 Å². The number of para-hydroxylation sites is 1. The van der Waals surface area contributed by atoms with Crippen LogP contribution in [0.3, 0.4) is 0 Å². The number of phenols is 1. The number of phenolic OH excluding ortho intramolecular Hbond substituents is 1. The van der Waals surface area contributed by atoms with Gasteiger partial charge in [0.2, 0.25) is 0 Å². The molecule has 3 N–H and O–H groups in total. The number of aromatic nitrogens is 2. The molecule has 2 amide bonds. The van der Waals surface area contributed by atoms with Crippen molar-refractivity contribution in [3.63, 3.8) is 0 Å². The molecular weight excluding hydrogens is 352 g/mol. The molecule has 1 aromatic heterocycles. The number of imidazole rings is 1. The lowest BCUT2D eigenvalue weighted by molar-refractivity contribution is 0.0845. The first-order valence-electron chi connectivity index (χ1n) is 7.66. The van der Waals surface area contributed by atoms with Gasteiger partial charge in [-0.05, 0) is 36.6 Å². The van der Waals surface area contributed by atoms with Gasteiger partial charge in [-0.1, -0.05) is 30.0 Å². The average Bonchev–Trinajstić information content (AvgIpc) is 3.15. The molecule has 0 aliphatic carbocycles. The second-order valence-corrected chi connectivity index (χ2v) is 6.03. The van der Waals surface area contributed by atoms with Crippen LogP contribution >= 0.6 is 11.8 Å². The van der Waals surface area contributed by atoms with Crippen molar-refractivity contribution in [2.75, 3.05) is 6.26 Å². The maximum atomic E-state index is 12.3. The number of rotatable bonds is 4. The molecule has 0 aliphatic heterocycles. The van der Waals surface area contributed by atoms with E-state index in [1.807, 2.05) is 23.1 Å². The zero-order chi connectivity index (χ0) is 18.5. The van der Waals surface area contributed by atoms with Crippen molar-refractivity contribution in [1.82, 2.24) is 20.4 Å². The van der Waals surface area contributed by atoms with Gasteiger partial charge < -0.3 is 5.11 Å². The second kappa shape index (κ2) is 7.75. The molecule has 7 nitrogen and oxygen atoms in total. The van der Waals surface area contributed by atoms with Gasteiger partial charge in [0, 0.05) is 23.6 Å². The van der Waals surface area contributed by atoms with E-state index in [0.717, 1.165) is 10.8 Å². The molecule has 3 rings (SSSR count). The molecule has 0 spiro atoms. The van der Waals surface area contributed by atoms with Crippen LogP contribution in [0.1, 0.15) is 20.7 Å². The largest absolute Gasteiger partial charge is 0.507 e. The van der Waals surface area contributed by atoms with Crippen LogP contribution in [0.5, 0.6) is 5.75 Å². The van der Waals surface area contributed by atoms with Crippen LogP contribution in [0, 0.1) is 0 Å². The van der Waals surface area contributed by atoms with Crippen molar-refractivity contribution in [3.05, 3.63) is 72.1 Å². The summed E-state index contributed by atoms with van der Waals surface area (Å²) >= 11 is 1.49. The molecule has 0 fully saturated rings. The van der Waals surface area contributed by atoms with Gasteiger partial charge in [0.1, 0.15) is 5.75 Å². The van der Waals surface area contributed by atoms with E-state index in [1.54, 1.807) is 36.5 Å². The Morgan fingerprint density at radius 1 is 1.08 bits per heavy atom. The molecule has 0 saturated carbocycles. The minimum atomic E-state index is -0.605. The first-order valence-corrected chi connectivity index (χ1v) is 8.89. The normalized spacial score (nSPS) is 10.3. The number of aromatic hydroxyl groups is 1. The van der Waals surface area contributed by atoms with E-state index in [2.05, 4.69) is 15.8 Å². The Balaban J connectivity index is 1.72. The minimum Gasteiger partial charge on any atom is -0.507 e. The van der Waals surface area contributed by atoms with Crippen LogP contribution in [0.2, 0.25) is 0 Å². The number of hydrogen-bond donors (Lipinski definition) is 3. The fourth-order valence-electron chi connectivity index (χ4n) is 2.35. The third-order valence-corrected chi connectivity index (χ3v) is 4.28. The van der Waals surface area contributed by atoms with Crippen molar-refractivity contribution in [1.29, 1.82) is 0 Å². The third-order valence-electron chi connectivity index (χ3n) is 3.61. The van der Waals surface area contributed by atoms with E-state index in [-0.39, 0.29) is 11.3 Å². The van der Waals surface area contributed by atoms with Gasteiger partial charge in [-0.3, -0.25) is 25.0 Å². The van der Waals surface area contributed by atoms with Gasteiger partial charge >= 0.3 is 0 Å². The highest BCUT2D eigenvalue weighted by molar-refractivity contribution is 7.98. The molecular formula is C18H16N4O3S. The lowest BCUT2D eigenvalue weighted by atomic mass is 10.2. The minimum absolute atomic E-state index is 0.0737. The highest BCUT2D eigenvalue weighted by atomic mass is 32.2. The molecule has 0 unspecified atom stereocenters. The van der Waals surface area contributed by atoms with E-state index in [9.17, 15) is 14.7 Å². The molecule has 26 heavy (non-hydrogen) atoms. The number of benzene rings is 2. The Kier molecular flexibility index (Phi) is 5.23. The lowest BCUT2D eigenvalue weighted by Gasteiger charge is -2.10. The Bertz CT molecular complexity index is 955. The van der Waals surface area contributed by atoms with E-state index < -0.39 is 11.8 Å². The monoisotopic (exact) mass is 368 g/mol. The quantitative estimate of drug-likeness (QED) is 0.485. The Morgan fingerprint density at radius 3 is 2.62 bits per heavy atom. The van der Waals surface area contributed by atoms with E-state index >= 15 is 0 Å². The summed E-state index contributed by atoms with van der Waals surface area (Å²) < 4.78 is 1.86. The molecule has 0 saturated heterocycles. The van der Waals surface area contributed by atoms with Crippen LogP contribution in [0.25, 0.3) is 5.69 Å². The number of nitrogens with one attached hydrogen (secondary N) is 2. The topological polar surface area (TPSA) is 96.3 Å². The summed E-state index contributed by atoms with van der Waals surface area (Å²) in [5, 5.41) is 10.5. The summed E-state index contributed by atoms with van der Waals surface area (Å²) in [6.07, 6.45) is 5.41. The lowest BCUT2D eigenvalue weighted by Crippen LogP contribution is -2.41. The standard InChI is InChI=1S/C18H16N4O3S/c1-26-18-19-9-10-22(18)13-6-4-5-12(11-13)16(24)20-21-17(25)14-7-2-3-8-15(14)23/h2-11,23H,1H3,(H,20,24)(H,21,25). The van der Waals surface area contributed by atoms with E-state index in [1.165, 1.54) is 23.9 Å². The molecule has 2 aromatic carbocycles. The number of hydrogen-bond acceptors (Lipinski definition) is 5. The fourth-order valence-corrected chi connectivity index (χ4v) is 2.88. The smallest absolute Gasteiger partial charge is 0.273 e. The number of amides is 2. The van der Waals surface area contributed by atoms with Gasteiger partial charge in [0.25, 0.3) is 11.8 Å². The van der Waals surface area contributed by atoms with Crippen molar-refractivity contribution in [2.45, 2.75) is 5.16 Å². The van der Waals surface area contributed by atoms with Crippen LogP contribution in [0.4, 0.5) is 0 Å². The summed E-state index contributed by atoms with van der Waals surface area (Å²) in [4.78, 5) is 28.6. The maximum absolute atomic E-state index is 12.3. The summed E-state index contributed by atoms with van der Waals surface area (Å²) in [5.41, 5.74) is 5.87. The Labute approximate surface area is 154 Å². The van der Waals surface area contributed by atoms with Crippen molar-refractivity contribution in [2.24, 2.45) is 0 Å². The van der Waals surface area contributed by atoms with Crippen molar-refractivity contribution >= 4 is 23.6 Å². The molecule has 1 heterocycles. The SMILES string of the molecule is CSc1nccn1-c1cccc(C(=O)NNC(=O)c2ccccc2O)c1. The number of thioether (sulfide) groups is 1. The first-order chi connectivity index (χ1) is 12.6. The maximum Gasteiger partial charge on any atom is 0.273 e. The third kappa shape index (κ3) is 3.70. The van der Waals surface area contributed by atoms with Gasteiger partial charge in [-0.15, -0.1) is 0 Å². The van der Waals surface area contributed by atoms with Crippen molar-refractivity contribution < 1.29 is 14.7 Å². The van der Waals surface area contributed by atoms with Gasteiger partial charge in [-0.2, -0.15) is 0 Å². The van der Waals surface area contributed by atoms with Crippen LogP contribution < -0.4 is 10.9 Å². The molecule has 0 atom stereocenters. The fraction of sp³-hybridized carbons (Fsp3) is 0.0556. The summed E-state index contributed by atoms with van der Waals surface area (Å²) in [7, 11) is 0. The van der Waals surface area contributed by atoms with E-state index in [0.29, 0.717) is 5.56 Å². The average molecular weight is 368 g/mol. The number of carbonyl (C=O) groups excluding carboxylic acids is 2. The Hall–Kier alpha value is -3.26. The highest BCUT2D eigenvalue weighted by Crippen LogP contribution is 2.19. The van der Waals surface area contributed by atoms with Crippen LogP contribution in [-0.4, -0.2) is 32.7 Å². The number of carbonyl (C=O) groups is 2. The molecule has 8 heteroatoms. The van der Waals surface area contributed by atoms with E-state index in [4.69, 9.17) is 0 Å². The zero-order valence-electron chi connectivity index (χ0n) is 13.8. The molecule has 3 aromatic rings. The first kappa shape index (κ1) is 17.6. The zero-order valence-corrected chi connectivity index (χ0v) is 14.7. The van der Waals surface area contributed by atoms with Crippen LogP contribution in [0.15, 0.2) is 66.1 Å². The molecule has 0 aliphatic rings. The van der Waals surface area contributed by atoms with Gasteiger partial charge in [0.15, 0.2) is 5.16 Å². The van der Waals surface area contributed by atoms with Crippen LogP contribution in [-0.2, 0) is 0 Å². The molecule has 132 valence electrons. The second-order valence-electron chi connectivity index (χ2n) is 5.26. The highest BCUT2D eigenvalue weighted by Gasteiger charge is 2.13.